The first kappa shape index (κ1) is 26.6. The van der Waals surface area contributed by atoms with Gasteiger partial charge in [-0.25, -0.2) is 4.99 Å². The third kappa shape index (κ3) is 9.13. The maximum atomic E-state index is 10.8. The van der Waals surface area contributed by atoms with Crippen molar-refractivity contribution in [2.45, 2.75) is 51.6 Å². The first-order valence-corrected chi connectivity index (χ1v) is 10.4. The molecule has 2 N–H and O–H groups in total. The number of hydrogen-bond acceptors (Lipinski definition) is 5. The Bertz CT molecular complexity index is 661. The van der Waals surface area contributed by atoms with Crippen molar-refractivity contribution in [1.82, 2.24) is 15.5 Å². The summed E-state index contributed by atoms with van der Waals surface area (Å²) in [6.07, 6.45) is 4.74. The molecule has 2 rings (SSSR count). The van der Waals surface area contributed by atoms with E-state index in [4.69, 9.17) is 4.74 Å². The van der Waals surface area contributed by atoms with Crippen LogP contribution >= 0.6 is 24.0 Å². The van der Waals surface area contributed by atoms with Crippen LogP contribution in [0.3, 0.4) is 0 Å². The van der Waals surface area contributed by atoms with Crippen molar-refractivity contribution in [2.24, 2.45) is 4.99 Å². The minimum Gasteiger partial charge on any atom is -0.385 e. The van der Waals surface area contributed by atoms with Crippen LogP contribution in [0, 0.1) is 10.1 Å². The Morgan fingerprint density at radius 2 is 1.87 bits per heavy atom. The van der Waals surface area contributed by atoms with Gasteiger partial charge in [-0.05, 0) is 51.8 Å². The molecule has 1 aromatic rings. The van der Waals surface area contributed by atoms with Gasteiger partial charge in [-0.2, -0.15) is 0 Å². The van der Waals surface area contributed by atoms with Gasteiger partial charge in [-0.3, -0.25) is 15.0 Å². The fraction of sp³-hybridized carbons (Fsp3) is 0.667. The van der Waals surface area contributed by atoms with Crippen molar-refractivity contribution in [3.63, 3.8) is 0 Å². The van der Waals surface area contributed by atoms with E-state index < -0.39 is 0 Å². The van der Waals surface area contributed by atoms with Gasteiger partial charge in [0, 0.05) is 44.5 Å². The summed E-state index contributed by atoms with van der Waals surface area (Å²) in [5.74, 6) is 0.754. The number of nitro groups is 1. The number of rotatable bonds is 10. The maximum Gasteiger partial charge on any atom is 0.269 e. The summed E-state index contributed by atoms with van der Waals surface area (Å²) in [6.45, 7) is 9.54. The lowest BCUT2D eigenvalue weighted by atomic mass is 9.98. The van der Waals surface area contributed by atoms with Crippen LogP contribution < -0.4 is 10.6 Å². The highest BCUT2D eigenvalue weighted by Gasteiger charge is 2.27. The van der Waals surface area contributed by atoms with Crippen LogP contribution in [0.4, 0.5) is 5.69 Å². The Hall–Kier alpha value is -1.46. The minimum atomic E-state index is -0.389. The van der Waals surface area contributed by atoms with E-state index in [1.165, 1.54) is 31.4 Å². The summed E-state index contributed by atoms with van der Waals surface area (Å²) >= 11 is 0. The van der Waals surface area contributed by atoms with E-state index in [9.17, 15) is 10.1 Å². The molecule has 9 heteroatoms. The van der Waals surface area contributed by atoms with E-state index in [2.05, 4.69) is 34.4 Å². The van der Waals surface area contributed by atoms with E-state index in [1.54, 1.807) is 19.2 Å². The molecule has 1 aliphatic rings. The second-order valence-electron chi connectivity index (χ2n) is 8.08. The molecule has 0 saturated carbocycles. The Balaban J connectivity index is 0.00000450. The van der Waals surface area contributed by atoms with E-state index in [1.807, 2.05) is 0 Å². The number of piperidine rings is 1. The summed E-state index contributed by atoms with van der Waals surface area (Å²) < 4.78 is 5.12. The number of likely N-dealkylation sites (tertiary alicyclic amines) is 1. The van der Waals surface area contributed by atoms with Crippen LogP contribution in [0.5, 0.6) is 0 Å². The van der Waals surface area contributed by atoms with Crippen molar-refractivity contribution in [2.75, 3.05) is 39.9 Å². The highest BCUT2D eigenvalue weighted by molar-refractivity contribution is 14.0. The summed E-state index contributed by atoms with van der Waals surface area (Å²) in [7, 11) is 1.70. The van der Waals surface area contributed by atoms with Crippen LogP contribution in [0.25, 0.3) is 0 Å². The van der Waals surface area contributed by atoms with E-state index in [0.29, 0.717) is 13.2 Å². The number of halogens is 1. The van der Waals surface area contributed by atoms with E-state index >= 15 is 0 Å². The molecule has 30 heavy (non-hydrogen) atoms. The average molecular weight is 533 g/mol. The number of ether oxygens (including phenoxy) is 1. The number of guanidine groups is 1. The van der Waals surface area contributed by atoms with Gasteiger partial charge < -0.3 is 15.4 Å². The van der Waals surface area contributed by atoms with Gasteiger partial charge in [0.25, 0.3) is 5.69 Å². The zero-order valence-electron chi connectivity index (χ0n) is 18.4. The molecule has 170 valence electrons. The Labute approximate surface area is 197 Å². The Kier molecular flexibility index (Phi) is 12.2. The quantitative estimate of drug-likeness (QED) is 0.119. The lowest BCUT2D eigenvalue weighted by Gasteiger charge is -2.41. The van der Waals surface area contributed by atoms with Crippen molar-refractivity contribution in [3.05, 3.63) is 39.9 Å². The second kappa shape index (κ2) is 13.8. The fourth-order valence-corrected chi connectivity index (χ4v) is 3.40. The smallest absolute Gasteiger partial charge is 0.269 e. The second-order valence-corrected chi connectivity index (χ2v) is 8.08. The third-order valence-electron chi connectivity index (χ3n) is 5.29. The molecule has 1 fully saturated rings. The van der Waals surface area contributed by atoms with Crippen LogP contribution in [0.2, 0.25) is 0 Å². The number of methoxy groups -OCH3 is 1. The Morgan fingerprint density at radius 3 is 2.47 bits per heavy atom. The van der Waals surface area contributed by atoms with Crippen LogP contribution in [0.15, 0.2) is 29.3 Å². The van der Waals surface area contributed by atoms with Crippen LogP contribution in [-0.2, 0) is 11.3 Å². The maximum absolute atomic E-state index is 10.8. The Morgan fingerprint density at radius 1 is 1.20 bits per heavy atom. The minimum absolute atomic E-state index is 0. The number of hydrogen-bond donors (Lipinski definition) is 2. The number of non-ortho nitro benzene ring substituents is 1. The van der Waals surface area contributed by atoms with Gasteiger partial charge >= 0.3 is 0 Å². The van der Waals surface area contributed by atoms with Crippen LogP contribution in [0.1, 0.15) is 45.1 Å². The molecule has 1 saturated heterocycles. The SMILES string of the molecule is COCCCNC(=NCc1ccc([N+](=O)[O-])cc1)NCC(C)(C)N1CCCCC1.I. The number of nitrogens with one attached hydrogen (secondary N) is 2. The van der Waals surface area contributed by atoms with Crippen molar-refractivity contribution < 1.29 is 9.66 Å². The monoisotopic (exact) mass is 533 g/mol. The predicted octanol–water partition coefficient (Wildman–Crippen LogP) is 3.55. The molecule has 0 atom stereocenters. The molecule has 0 amide bonds. The van der Waals surface area contributed by atoms with Crippen molar-refractivity contribution in [1.29, 1.82) is 0 Å². The molecule has 0 radical (unpaired) electrons. The van der Waals surface area contributed by atoms with Gasteiger partial charge in [0.2, 0.25) is 0 Å². The first-order chi connectivity index (χ1) is 13.9. The summed E-state index contributed by atoms with van der Waals surface area (Å²) in [4.78, 5) is 17.6. The molecule has 0 bridgehead atoms. The van der Waals surface area contributed by atoms with Gasteiger partial charge in [-0.1, -0.05) is 18.6 Å². The molecular formula is C21H36IN5O3. The standard InChI is InChI=1S/C21H35N5O3.HI/c1-21(2,25-13-5-4-6-14-25)17-24-20(22-12-7-15-29-3)23-16-18-8-10-19(11-9-18)26(27)28;/h8-11H,4-7,12-17H2,1-3H3,(H2,22,23,24);1H. The lowest BCUT2D eigenvalue weighted by Crippen LogP contribution is -2.55. The summed E-state index contributed by atoms with van der Waals surface area (Å²) in [6, 6.07) is 6.54. The summed E-state index contributed by atoms with van der Waals surface area (Å²) in [5.41, 5.74) is 1.07. The fourth-order valence-electron chi connectivity index (χ4n) is 3.40. The van der Waals surface area contributed by atoms with Crippen molar-refractivity contribution in [3.8, 4) is 0 Å². The normalized spacial score (nSPS) is 15.4. The third-order valence-corrected chi connectivity index (χ3v) is 5.29. The molecular weight excluding hydrogens is 497 g/mol. The van der Waals surface area contributed by atoms with Crippen molar-refractivity contribution >= 4 is 35.6 Å². The largest absolute Gasteiger partial charge is 0.385 e. The predicted molar refractivity (Wildman–Crippen MR) is 132 cm³/mol. The number of aliphatic imine (C=N–C) groups is 1. The highest BCUT2D eigenvalue weighted by atomic mass is 127. The van der Waals surface area contributed by atoms with E-state index in [-0.39, 0.29) is 40.1 Å². The molecule has 8 nitrogen and oxygen atoms in total. The number of benzene rings is 1. The first-order valence-electron chi connectivity index (χ1n) is 10.4. The molecule has 0 unspecified atom stereocenters. The highest BCUT2D eigenvalue weighted by Crippen LogP contribution is 2.19. The molecule has 1 heterocycles. The molecule has 0 aliphatic carbocycles. The topological polar surface area (TPSA) is 92.0 Å². The van der Waals surface area contributed by atoms with Gasteiger partial charge in [0.15, 0.2) is 5.96 Å². The molecule has 1 aliphatic heterocycles. The number of nitro benzene ring substituents is 1. The van der Waals surface area contributed by atoms with Gasteiger partial charge in [0.05, 0.1) is 11.5 Å². The zero-order valence-corrected chi connectivity index (χ0v) is 20.7. The molecule has 0 aromatic heterocycles. The van der Waals surface area contributed by atoms with Gasteiger partial charge in [0.1, 0.15) is 0 Å². The lowest BCUT2D eigenvalue weighted by molar-refractivity contribution is -0.384. The van der Waals surface area contributed by atoms with Gasteiger partial charge in [-0.15, -0.1) is 24.0 Å². The number of nitrogens with zero attached hydrogens (tertiary/aromatic N) is 3. The van der Waals surface area contributed by atoms with E-state index in [0.717, 1.165) is 44.1 Å². The average Bonchev–Trinajstić information content (AvgIpc) is 2.73. The zero-order chi connectivity index (χ0) is 21.1. The molecule has 1 aromatic carbocycles. The molecule has 0 spiro atoms. The van der Waals surface area contributed by atoms with Crippen LogP contribution in [-0.4, -0.2) is 61.2 Å². The summed E-state index contributed by atoms with van der Waals surface area (Å²) in [5, 5.41) is 17.6.